The molecule has 20 heavy (non-hydrogen) atoms. The maximum atomic E-state index is 5.67. The number of hydrogen-bond acceptors (Lipinski definition) is 4. The lowest BCUT2D eigenvalue weighted by atomic mass is 10.1. The zero-order valence-corrected chi connectivity index (χ0v) is 11.4. The fraction of sp³-hybridized carbons (Fsp3) is 0.125. The van der Waals surface area contributed by atoms with Crippen LogP contribution in [0.5, 0.6) is 0 Å². The zero-order valence-electron chi connectivity index (χ0n) is 11.4. The Bertz CT molecular complexity index is 745. The van der Waals surface area contributed by atoms with Crippen molar-refractivity contribution in [3.8, 4) is 22.8 Å². The van der Waals surface area contributed by atoms with E-state index >= 15 is 0 Å². The largest absolute Gasteiger partial charge is 0.399 e. The predicted octanol–water partition coefficient (Wildman–Crippen LogP) is 3.60. The van der Waals surface area contributed by atoms with Crippen LogP contribution in [0.15, 0.2) is 47.0 Å². The highest BCUT2D eigenvalue weighted by molar-refractivity contribution is 5.62. The summed E-state index contributed by atoms with van der Waals surface area (Å²) >= 11 is 0. The molecule has 0 fully saturated rings. The Morgan fingerprint density at radius 2 is 1.60 bits per heavy atom. The minimum absolute atomic E-state index is 0.528. The number of nitrogens with two attached hydrogens (primary N) is 1. The second-order valence-corrected chi connectivity index (χ2v) is 4.84. The Balaban J connectivity index is 1.97. The summed E-state index contributed by atoms with van der Waals surface area (Å²) in [6.07, 6.45) is 0. The summed E-state index contributed by atoms with van der Waals surface area (Å²) in [6.45, 7) is 4.14. The number of benzene rings is 2. The molecule has 0 radical (unpaired) electrons. The number of nitrogen functional groups attached to an aromatic ring is 1. The van der Waals surface area contributed by atoms with Crippen molar-refractivity contribution in [1.29, 1.82) is 0 Å². The van der Waals surface area contributed by atoms with Crippen molar-refractivity contribution < 1.29 is 4.52 Å². The normalized spacial score (nSPS) is 10.7. The zero-order chi connectivity index (χ0) is 14.1. The molecule has 4 nitrogen and oxygen atoms in total. The van der Waals surface area contributed by atoms with E-state index in [-0.39, 0.29) is 0 Å². The molecule has 3 rings (SSSR count). The fourth-order valence-corrected chi connectivity index (χ4v) is 1.96. The van der Waals surface area contributed by atoms with Gasteiger partial charge in [-0.05, 0) is 61.4 Å². The van der Waals surface area contributed by atoms with Gasteiger partial charge in [-0.15, -0.1) is 0 Å². The van der Waals surface area contributed by atoms with Gasteiger partial charge in [0.05, 0.1) is 0 Å². The average Bonchev–Trinajstić information content (AvgIpc) is 2.92. The van der Waals surface area contributed by atoms with Gasteiger partial charge in [-0.25, -0.2) is 0 Å². The average molecular weight is 265 g/mol. The Hall–Kier alpha value is -2.62. The first-order valence-electron chi connectivity index (χ1n) is 6.41. The summed E-state index contributed by atoms with van der Waals surface area (Å²) in [5.74, 6) is 1.10. The molecule has 3 aromatic rings. The molecule has 100 valence electrons. The van der Waals surface area contributed by atoms with Crippen molar-refractivity contribution >= 4 is 5.69 Å². The lowest BCUT2D eigenvalue weighted by molar-refractivity contribution is 0.432. The molecule has 4 heteroatoms. The number of nitrogens with zero attached hydrogens (tertiary/aromatic N) is 2. The van der Waals surface area contributed by atoms with Crippen molar-refractivity contribution in [3.05, 3.63) is 53.6 Å². The van der Waals surface area contributed by atoms with Gasteiger partial charge in [-0.3, -0.25) is 0 Å². The van der Waals surface area contributed by atoms with Gasteiger partial charge in [0.1, 0.15) is 0 Å². The van der Waals surface area contributed by atoms with Crippen LogP contribution >= 0.6 is 0 Å². The first kappa shape index (κ1) is 12.4. The maximum absolute atomic E-state index is 5.67. The number of hydrogen-bond donors (Lipinski definition) is 1. The molecule has 0 unspecified atom stereocenters. The van der Waals surface area contributed by atoms with E-state index in [1.165, 1.54) is 11.1 Å². The van der Waals surface area contributed by atoms with E-state index in [9.17, 15) is 0 Å². The van der Waals surface area contributed by atoms with Crippen molar-refractivity contribution in [2.75, 3.05) is 5.73 Å². The smallest absolute Gasteiger partial charge is 0.258 e. The molecule has 0 saturated carbocycles. The highest BCUT2D eigenvalue weighted by atomic mass is 16.5. The first-order chi connectivity index (χ1) is 9.63. The monoisotopic (exact) mass is 265 g/mol. The third-order valence-corrected chi connectivity index (χ3v) is 3.35. The number of aromatic nitrogens is 2. The van der Waals surface area contributed by atoms with Crippen LogP contribution in [0.3, 0.4) is 0 Å². The Morgan fingerprint density at radius 1 is 0.900 bits per heavy atom. The maximum Gasteiger partial charge on any atom is 0.258 e. The Kier molecular flexibility index (Phi) is 2.99. The van der Waals surface area contributed by atoms with Crippen molar-refractivity contribution in [1.82, 2.24) is 10.1 Å². The molecule has 0 amide bonds. The second kappa shape index (κ2) is 4.81. The highest BCUT2D eigenvalue weighted by Gasteiger charge is 2.11. The van der Waals surface area contributed by atoms with E-state index < -0.39 is 0 Å². The van der Waals surface area contributed by atoms with Gasteiger partial charge in [-0.1, -0.05) is 11.2 Å². The quantitative estimate of drug-likeness (QED) is 0.719. The van der Waals surface area contributed by atoms with Crippen molar-refractivity contribution in [2.24, 2.45) is 0 Å². The molecule has 1 heterocycles. The third-order valence-electron chi connectivity index (χ3n) is 3.35. The van der Waals surface area contributed by atoms with Gasteiger partial charge in [0.2, 0.25) is 5.82 Å². The molecule has 0 bridgehead atoms. The molecule has 0 spiro atoms. The van der Waals surface area contributed by atoms with E-state index in [4.69, 9.17) is 10.3 Å². The minimum atomic E-state index is 0.528. The van der Waals surface area contributed by atoms with Gasteiger partial charge in [-0.2, -0.15) is 4.98 Å². The van der Waals surface area contributed by atoms with Crippen LogP contribution in [0, 0.1) is 13.8 Å². The fourth-order valence-electron chi connectivity index (χ4n) is 1.96. The van der Waals surface area contributed by atoms with Crippen LogP contribution in [0.2, 0.25) is 0 Å². The lowest BCUT2D eigenvalue weighted by Crippen LogP contribution is -1.86. The van der Waals surface area contributed by atoms with Gasteiger partial charge < -0.3 is 10.3 Å². The summed E-state index contributed by atoms with van der Waals surface area (Å²) in [6, 6.07) is 13.5. The van der Waals surface area contributed by atoms with Crippen LogP contribution in [0.4, 0.5) is 5.69 Å². The molecule has 1 aromatic heterocycles. The van der Waals surface area contributed by atoms with Crippen LogP contribution in [-0.2, 0) is 0 Å². The van der Waals surface area contributed by atoms with Gasteiger partial charge in [0.15, 0.2) is 0 Å². The van der Waals surface area contributed by atoms with E-state index in [1.807, 2.05) is 30.3 Å². The summed E-state index contributed by atoms with van der Waals surface area (Å²) < 4.78 is 5.34. The SMILES string of the molecule is Cc1ccc(-c2nc(-c3ccc(N)cc3)no2)cc1C. The van der Waals surface area contributed by atoms with Crippen LogP contribution in [0.1, 0.15) is 11.1 Å². The van der Waals surface area contributed by atoms with Crippen molar-refractivity contribution in [2.45, 2.75) is 13.8 Å². The molecule has 2 aromatic carbocycles. The van der Waals surface area contributed by atoms with E-state index in [1.54, 1.807) is 0 Å². The standard InChI is InChI=1S/C16H15N3O/c1-10-3-4-13(9-11(10)2)16-18-15(19-20-16)12-5-7-14(17)8-6-12/h3-9H,17H2,1-2H3. The highest BCUT2D eigenvalue weighted by Crippen LogP contribution is 2.24. The summed E-state index contributed by atoms with van der Waals surface area (Å²) in [5.41, 5.74) is 10.6. The van der Waals surface area contributed by atoms with Crippen molar-refractivity contribution in [3.63, 3.8) is 0 Å². The molecule has 0 saturated heterocycles. The minimum Gasteiger partial charge on any atom is -0.399 e. The lowest BCUT2D eigenvalue weighted by Gasteiger charge is -2.00. The molecule has 0 aliphatic carbocycles. The molecule has 0 aliphatic heterocycles. The molecule has 0 aliphatic rings. The van der Waals surface area contributed by atoms with Gasteiger partial charge >= 0.3 is 0 Å². The Morgan fingerprint density at radius 3 is 2.30 bits per heavy atom. The summed E-state index contributed by atoms with van der Waals surface area (Å²) in [5, 5.41) is 4.02. The first-order valence-corrected chi connectivity index (χ1v) is 6.41. The predicted molar refractivity (Wildman–Crippen MR) is 79.1 cm³/mol. The molecule has 0 atom stereocenters. The van der Waals surface area contributed by atoms with Crippen LogP contribution < -0.4 is 5.73 Å². The van der Waals surface area contributed by atoms with E-state index in [0.29, 0.717) is 17.4 Å². The third kappa shape index (κ3) is 2.28. The van der Waals surface area contributed by atoms with Crippen LogP contribution in [0.25, 0.3) is 22.8 Å². The summed E-state index contributed by atoms with van der Waals surface area (Å²) in [7, 11) is 0. The second-order valence-electron chi connectivity index (χ2n) is 4.84. The molecular weight excluding hydrogens is 250 g/mol. The molecule has 2 N–H and O–H groups in total. The van der Waals surface area contributed by atoms with E-state index in [2.05, 4.69) is 36.1 Å². The van der Waals surface area contributed by atoms with Gasteiger partial charge in [0.25, 0.3) is 5.89 Å². The number of aryl methyl sites for hydroxylation is 2. The van der Waals surface area contributed by atoms with Gasteiger partial charge in [0, 0.05) is 16.8 Å². The van der Waals surface area contributed by atoms with E-state index in [0.717, 1.165) is 11.1 Å². The molecular formula is C16H15N3O. The Labute approximate surface area is 117 Å². The summed E-state index contributed by atoms with van der Waals surface area (Å²) in [4.78, 5) is 4.43. The number of anilines is 1. The van der Waals surface area contributed by atoms with Crippen LogP contribution in [-0.4, -0.2) is 10.1 Å². The topological polar surface area (TPSA) is 64.9 Å². The number of rotatable bonds is 2.